The zero-order valence-corrected chi connectivity index (χ0v) is 13.8. The minimum absolute atomic E-state index is 0.00725. The molecule has 122 valence electrons. The van der Waals surface area contributed by atoms with Gasteiger partial charge in [0, 0.05) is 13.1 Å². The van der Waals surface area contributed by atoms with Crippen LogP contribution < -0.4 is 10.6 Å². The van der Waals surface area contributed by atoms with E-state index >= 15 is 0 Å². The fraction of sp³-hybridized carbons (Fsp3) is 0.875. The quantitative estimate of drug-likeness (QED) is 0.714. The molecule has 0 saturated heterocycles. The SMILES string of the molecule is CCCN(CC(=O)NCC1CCCCC1)C(=O)[C@@H](C)NC. The molecule has 0 aromatic rings. The first kappa shape index (κ1) is 18.0. The third-order valence-corrected chi connectivity index (χ3v) is 4.26. The summed E-state index contributed by atoms with van der Waals surface area (Å²) in [6, 6.07) is -0.248. The predicted molar refractivity (Wildman–Crippen MR) is 85.0 cm³/mol. The molecule has 0 radical (unpaired) electrons. The van der Waals surface area contributed by atoms with Crippen LogP contribution >= 0.6 is 0 Å². The molecule has 2 amide bonds. The van der Waals surface area contributed by atoms with E-state index in [1.807, 2.05) is 13.8 Å². The van der Waals surface area contributed by atoms with Crippen molar-refractivity contribution in [3.05, 3.63) is 0 Å². The molecule has 1 rings (SSSR count). The summed E-state index contributed by atoms with van der Waals surface area (Å²) in [7, 11) is 1.76. The summed E-state index contributed by atoms with van der Waals surface area (Å²) in [6.07, 6.45) is 7.17. The van der Waals surface area contributed by atoms with E-state index in [0.717, 1.165) is 13.0 Å². The highest BCUT2D eigenvalue weighted by Crippen LogP contribution is 2.22. The van der Waals surface area contributed by atoms with Gasteiger partial charge in [0.15, 0.2) is 0 Å². The van der Waals surface area contributed by atoms with Crippen LogP contribution in [0.15, 0.2) is 0 Å². The molecule has 1 fully saturated rings. The van der Waals surface area contributed by atoms with Gasteiger partial charge in [0.05, 0.1) is 12.6 Å². The van der Waals surface area contributed by atoms with Crippen molar-refractivity contribution >= 4 is 11.8 Å². The molecule has 0 aliphatic heterocycles. The number of amides is 2. The van der Waals surface area contributed by atoms with Gasteiger partial charge >= 0.3 is 0 Å². The molecule has 0 bridgehead atoms. The average Bonchev–Trinajstić information content (AvgIpc) is 2.52. The molecule has 5 heteroatoms. The Morgan fingerprint density at radius 3 is 2.48 bits per heavy atom. The fourth-order valence-electron chi connectivity index (χ4n) is 2.81. The summed E-state index contributed by atoms with van der Waals surface area (Å²) in [5.74, 6) is 0.576. The number of hydrogen-bond donors (Lipinski definition) is 2. The van der Waals surface area contributed by atoms with Crippen LogP contribution in [0.5, 0.6) is 0 Å². The molecule has 0 aromatic heterocycles. The molecule has 0 heterocycles. The van der Waals surface area contributed by atoms with Crippen LogP contribution in [0, 0.1) is 5.92 Å². The van der Waals surface area contributed by atoms with Gasteiger partial charge in [-0.1, -0.05) is 26.2 Å². The lowest BCUT2D eigenvalue weighted by atomic mass is 9.89. The van der Waals surface area contributed by atoms with E-state index in [9.17, 15) is 9.59 Å². The van der Waals surface area contributed by atoms with E-state index < -0.39 is 0 Å². The summed E-state index contributed by atoms with van der Waals surface area (Å²) in [6.45, 7) is 5.40. The molecule has 1 aliphatic carbocycles. The third-order valence-electron chi connectivity index (χ3n) is 4.26. The van der Waals surface area contributed by atoms with E-state index in [4.69, 9.17) is 0 Å². The summed E-state index contributed by atoms with van der Waals surface area (Å²) in [5.41, 5.74) is 0. The summed E-state index contributed by atoms with van der Waals surface area (Å²) >= 11 is 0. The van der Waals surface area contributed by atoms with E-state index in [1.54, 1.807) is 11.9 Å². The lowest BCUT2D eigenvalue weighted by molar-refractivity contribution is -0.137. The largest absolute Gasteiger partial charge is 0.354 e. The first-order chi connectivity index (χ1) is 10.1. The Bertz CT molecular complexity index is 327. The van der Waals surface area contributed by atoms with Crippen LogP contribution in [0.3, 0.4) is 0 Å². The van der Waals surface area contributed by atoms with Crippen molar-refractivity contribution in [2.75, 3.05) is 26.7 Å². The zero-order valence-electron chi connectivity index (χ0n) is 13.8. The van der Waals surface area contributed by atoms with E-state index in [0.29, 0.717) is 12.5 Å². The Hall–Kier alpha value is -1.10. The van der Waals surface area contributed by atoms with Crippen molar-refractivity contribution in [1.82, 2.24) is 15.5 Å². The third kappa shape index (κ3) is 6.46. The summed E-state index contributed by atoms with van der Waals surface area (Å²) < 4.78 is 0. The predicted octanol–water partition coefficient (Wildman–Crippen LogP) is 1.53. The smallest absolute Gasteiger partial charge is 0.239 e. The summed E-state index contributed by atoms with van der Waals surface area (Å²) in [5, 5.41) is 5.94. The number of likely N-dealkylation sites (N-methyl/N-ethyl adjacent to an activating group) is 1. The highest BCUT2D eigenvalue weighted by molar-refractivity contribution is 5.87. The van der Waals surface area contributed by atoms with Gasteiger partial charge in [0.25, 0.3) is 0 Å². The topological polar surface area (TPSA) is 61.4 Å². The van der Waals surface area contributed by atoms with Crippen LogP contribution in [0.4, 0.5) is 0 Å². The fourth-order valence-corrected chi connectivity index (χ4v) is 2.81. The van der Waals surface area contributed by atoms with Gasteiger partial charge in [0.1, 0.15) is 0 Å². The number of hydrogen-bond acceptors (Lipinski definition) is 3. The van der Waals surface area contributed by atoms with Gasteiger partial charge in [-0.25, -0.2) is 0 Å². The molecule has 1 saturated carbocycles. The highest BCUT2D eigenvalue weighted by Gasteiger charge is 2.21. The Labute approximate surface area is 128 Å². The lowest BCUT2D eigenvalue weighted by Crippen LogP contribution is -2.48. The number of nitrogens with zero attached hydrogens (tertiary/aromatic N) is 1. The second-order valence-electron chi connectivity index (χ2n) is 6.08. The van der Waals surface area contributed by atoms with Gasteiger partial charge in [-0.2, -0.15) is 0 Å². The maximum absolute atomic E-state index is 12.2. The highest BCUT2D eigenvalue weighted by atomic mass is 16.2. The van der Waals surface area contributed by atoms with Gasteiger partial charge in [-0.3, -0.25) is 9.59 Å². The van der Waals surface area contributed by atoms with Crippen molar-refractivity contribution < 1.29 is 9.59 Å². The standard InChI is InChI=1S/C16H31N3O2/c1-4-10-19(16(21)13(2)17-3)12-15(20)18-11-14-8-6-5-7-9-14/h13-14,17H,4-12H2,1-3H3,(H,18,20)/t13-/m1/s1. The van der Waals surface area contributed by atoms with Gasteiger partial charge in [0.2, 0.25) is 11.8 Å². The first-order valence-corrected chi connectivity index (χ1v) is 8.31. The normalized spacial score (nSPS) is 17.3. The first-order valence-electron chi connectivity index (χ1n) is 8.31. The molecule has 21 heavy (non-hydrogen) atoms. The molecule has 0 spiro atoms. The maximum Gasteiger partial charge on any atom is 0.239 e. The van der Waals surface area contributed by atoms with Crippen molar-refractivity contribution in [3.63, 3.8) is 0 Å². The minimum atomic E-state index is -0.248. The van der Waals surface area contributed by atoms with Gasteiger partial charge < -0.3 is 15.5 Å². The van der Waals surface area contributed by atoms with Crippen LogP contribution in [0.25, 0.3) is 0 Å². The average molecular weight is 297 g/mol. The van der Waals surface area contributed by atoms with E-state index in [2.05, 4.69) is 10.6 Å². The van der Waals surface area contributed by atoms with Crippen LogP contribution in [-0.4, -0.2) is 49.4 Å². The zero-order chi connectivity index (χ0) is 15.7. The van der Waals surface area contributed by atoms with Gasteiger partial charge in [-0.15, -0.1) is 0 Å². The molecule has 0 unspecified atom stereocenters. The second-order valence-corrected chi connectivity index (χ2v) is 6.08. The number of carbonyl (C=O) groups excluding carboxylic acids is 2. The molecular weight excluding hydrogens is 266 g/mol. The van der Waals surface area contributed by atoms with Gasteiger partial charge in [-0.05, 0) is 39.2 Å². The van der Waals surface area contributed by atoms with Crippen molar-refractivity contribution in [2.45, 2.75) is 58.4 Å². The molecule has 2 N–H and O–H groups in total. The minimum Gasteiger partial charge on any atom is -0.354 e. The lowest BCUT2D eigenvalue weighted by Gasteiger charge is -2.26. The Morgan fingerprint density at radius 2 is 1.90 bits per heavy atom. The van der Waals surface area contributed by atoms with Crippen molar-refractivity contribution in [1.29, 1.82) is 0 Å². The molecule has 5 nitrogen and oxygen atoms in total. The Balaban J connectivity index is 2.38. The van der Waals surface area contributed by atoms with E-state index in [1.165, 1.54) is 32.1 Å². The number of carbonyl (C=O) groups is 2. The monoisotopic (exact) mass is 297 g/mol. The Morgan fingerprint density at radius 1 is 1.24 bits per heavy atom. The maximum atomic E-state index is 12.2. The molecule has 0 aromatic carbocycles. The molecule has 1 atom stereocenters. The van der Waals surface area contributed by atoms with Crippen LogP contribution in [0.1, 0.15) is 52.4 Å². The molecule has 1 aliphatic rings. The van der Waals surface area contributed by atoms with Crippen molar-refractivity contribution in [2.24, 2.45) is 5.92 Å². The van der Waals surface area contributed by atoms with E-state index in [-0.39, 0.29) is 24.4 Å². The molecular formula is C16H31N3O2. The number of rotatable bonds is 8. The number of nitrogens with one attached hydrogen (secondary N) is 2. The van der Waals surface area contributed by atoms with Crippen LogP contribution in [-0.2, 0) is 9.59 Å². The summed E-state index contributed by atoms with van der Waals surface area (Å²) in [4.78, 5) is 25.9. The Kier molecular flexibility index (Phi) is 8.35. The van der Waals surface area contributed by atoms with Crippen LogP contribution in [0.2, 0.25) is 0 Å². The second kappa shape index (κ2) is 9.77. The van der Waals surface area contributed by atoms with Crippen molar-refractivity contribution in [3.8, 4) is 0 Å².